The molecule has 2 nitrogen and oxygen atoms in total. The van der Waals surface area contributed by atoms with E-state index >= 15 is 0 Å². The molecule has 1 aromatic rings. The Morgan fingerprint density at radius 1 is 1.19 bits per heavy atom. The zero-order valence-electron chi connectivity index (χ0n) is 14.2. The molecule has 2 atom stereocenters. The van der Waals surface area contributed by atoms with Crippen molar-refractivity contribution in [2.75, 3.05) is 13.1 Å². The molecule has 1 saturated carbocycles. The van der Waals surface area contributed by atoms with Gasteiger partial charge >= 0.3 is 0 Å². The van der Waals surface area contributed by atoms with Crippen molar-refractivity contribution < 1.29 is 0 Å². The summed E-state index contributed by atoms with van der Waals surface area (Å²) in [6.45, 7) is 11.3. The molecule has 0 radical (unpaired) electrons. The highest BCUT2D eigenvalue weighted by atomic mass is 15.2. The Kier molecular flexibility index (Phi) is 6.25. The van der Waals surface area contributed by atoms with Gasteiger partial charge in [0, 0.05) is 18.1 Å². The van der Waals surface area contributed by atoms with Gasteiger partial charge in [0.1, 0.15) is 0 Å². The van der Waals surface area contributed by atoms with Crippen LogP contribution in [0.5, 0.6) is 0 Å². The van der Waals surface area contributed by atoms with Gasteiger partial charge in [-0.15, -0.1) is 0 Å². The minimum absolute atomic E-state index is 0.438. The molecule has 2 heteroatoms. The van der Waals surface area contributed by atoms with Crippen LogP contribution in [-0.4, -0.2) is 30.1 Å². The quantitative estimate of drug-likeness (QED) is 0.729. The van der Waals surface area contributed by atoms with Crippen LogP contribution in [0.15, 0.2) is 24.3 Å². The van der Waals surface area contributed by atoms with Crippen LogP contribution < -0.4 is 5.32 Å². The van der Waals surface area contributed by atoms with Crippen LogP contribution in [0.4, 0.5) is 0 Å². The highest BCUT2D eigenvalue weighted by Gasteiger charge is 2.35. The van der Waals surface area contributed by atoms with Gasteiger partial charge in [-0.1, -0.05) is 50.1 Å². The molecule has 1 N–H and O–H groups in total. The second-order valence-electron chi connectivity index (χ2n) is 6.51. The van der Waals surface area contributed by atoms with Gasteiger partial charge in [0.05, 0.1) is 0 Å². The smallest absolute Gasteiger partial charge is 0.0475 e. The third kappa shape index (κ3) is 4.55. The lowest BCUT2D eigenvalue weighted by Crippen LogP contribution is -2.44. The van der Waals surface area contributed by atoms with Crippen molar-refractivity contribution in [3.05, 3.63) is 35.4 Å². The zero-order chi connectivity index (χ0) is 15.2. The third-order valence-electron chi connectivity index (χ3n) is 4.65. The zero-order valence-corrected chi connectivity index (χ0v) is 14.2. The van der Waals surface area contributed by atoms with Crippen molar-refractivity contribution in [3.63, 3.8) is 0 Å². The van der Waals surface area contributed by atoms with E-state index in [1.54, 1.807) is 0 Å². The highest BCUT2D eigenvalue weighted by Crippen LogP contribution is 2.33. The normalized spacial score (nSPS) is 18.0. The number of hydrogen-bond donors (Lipinski definition) is 1. The molecular formula is C19H32N2. The first-order chi connectivity index (χ1) is 10.2. The van der Waals surface area contributed by atoms with E-state index in [0.717, 1.165) is 12.6 Å². The summed E-state index contributed by atoms with van der Waals surface area (Å²) in [6.07, 6.45) is 5.38. The van der Waals surface area contributed by atoms with E-state index in [2.05, 4.69) is 62.2 Å². The first-order valence-electron chi connectivity index (χ1n) is 8.73. The van der Waals surface area contributed by atoms with Crippen molar-refractivity contribution in [2.24, 2.45) is 0 Å². The number of aryl methyl sites for hydroxylation is 1. The number of benzene rings is 1. The second kappa shape index (κ2) is 7.95. The molecule has 1 fully saturated rings. The monoisotopic (exact) mass is 288 g/mol. The summed E-state index contributed by atoms with van der Waals surface area (Å²) in [6, 6.07) is 10.9. The SMILES string of the molecule is CCCCN(C1CC1)C(C)C(NCC)c1ccc(C)cc1. The first kappa shape index (κ1) is 16.5. The van der Waals surface area contributed by atoms with Crippen molar-refractivity contribution in [1.82, 2.24) is 10.2 Å². The molecule has 118 valence electrons. The average Bonchev–Trinajstić information content (AvgIpc) is 3.31. The van der Waals surface area contributed by atoms with E-state index in [9.17, 15) is 0 Å². The number of nitrogens with one attached hydrogen (secondary N) is 1. The van der Waals surface area contributed by atoms with Gasteiger partial charge < -0.3 is 5.32 Å². The van der Waals surface area contributed by atoms with Gasteiger partial charge in [-0.05, 0) is 51.8 Å². The van der Waals surface area contributed by atoms with Gasteiger partial charge in [-0.3, -0.25) is 4.90 Å². The summed E-state index contributed by atoms with van der Waals surface area (Å²) in [5.74, 6) is 0. The van der Waals surface area contributed by atoms with Gasteiger partial charge in [-0.25, -0.2) is 0 Å². The van der Waals surface area contributed by atoms with Crippen LogP contribution in [-0.2, 0) is 0 Å². The minimum atomic E-state index is 0.438. The molecule has 1 aromatic carbocycles. The number of hydrogen-bond acceptors (Lipinski definition) is 2. The Labute approximate surface area is 130 Å². The molecule has 0 amide bonds. The third-order valence-corrected chi connectivity index (χ3v) is 4.65. The number of rotatable bonds is 9. The van der Waals surface area contributed by atoms with E-state index in [1.807, 2.05) is 0 Å². The molecule has 0 spiro atoms. The fraction of sp³-hybridized carbons (Fsp3) is 0.684. The Hall–Kier alpha value is -0.860. The van der Waals surface area contributed by atoms with Gasteiger partial charge in [0.25, 0.3) is 0 Å². The lowest BCUT2D eigenvalue weighted by Gasteiger charge is -2.36. The molecule has 0 heterocycles. The lowest BCUT2D eigenvalue weighted by molar-refractivity contribution is 0.158. The topological polar surface area (TPSA) is 15.3 Å². The Bertz CT molecular complexity index is 408. The number of nitrogens with zero attached hydrogens (tertiary/aromatic N) is 1. The summed E-state index contributed by atoms with van der Waals surface area (Å²) < 4.78 is 0. The molecule has 0 aromatic heterocycles. The molecule has 1 aliphatic rings. The summed E-state index contributed by atoms with van der Waals surface area (Å²) in [5.41, 5.74) is 2.77. The Morgan fingerprint density at radius 2 is 1.86 bits per heavy atom. The van der Waals surface area contributed by atoms with Crippen molar-refractivity contribution in [2.45, 2.75) is 71.5 Å². The van der Waals surface area contributed by atoms with E-state index in [1.165, 1.54) is 43.4 Å². The molecule has 2 unspecified atom stereocenters. The number of likely N-dealkylation sites (N-methyl/N-ethyl adjacent to an activating group) is 1. The van der Waals surface area contributed by atoms with Crippen LogP contribution in [0.25, 0.3) is 0 Å². The molecule has 1 aliphatic carbocycles. The maximum Gasteiger partial charge on any atom is 0.0475 e. The van der Waals surface area contributed by atoms with Crippen LogP contribution >= 0.6 is 0 Å². The predicted octanol–water partition coefficient (Wildman–Crippen LogP) is 4.30. The van der Waals surface area contributed by atoms with Crippen LogP contribution in [0.3, 0.4) is 0 Å². The molecule has 0 aliphatic heterocycles. The van der Waals surface area contributed by atoms with Crippen LogP contribution in [0, 0.1) is 6.92 Å². The Morgan fingerprint density at radius 3 is 2.38 bits per heavy atom. The largest absolute Gasteiger partial charge is 0.309 e. The maximum atomic E-state index is 3.72. The summed E-state index contributed by atoms with van der Waals surface area (Å²) >= 11 is 0. The highest BCUT2D eigenvalue weighted by molar-refractivity contribution is 5.25. The maximum absolute atomic E-state index is 3.72. The van der Waals surface area contributed by atoms with E-state index < -0.39 is 0 Å². The summed E-state index contributed by atoms with van der Waals surface area (Å²) in [4.78, 5) is 2.75. The van der Waals surface area contributed by atoms with E-state index in [4.69, 9.17) is 0 Å². The van der Waals surface area contributed by atoms with Crippen molar-refractivity contribution in [3.8, 4) is 0 Å². The molecule has 0 saturated heterocycles. The average molecular weight is 288 g/mol. The molecule has 21 heavy (non-hydrogen) atoms. The lowest BCUT2D eigenvalue weighted by atomic mass is 9.97. The fourth-order valence-electron chi connectivity index (χ4n) is 3.22. The summed E-state index contributed by atoms with van der Waals surface area (Å²) in [7, 11) is 0. The van der Waals surface area contributed by atoms with Gasteiger partial charge in [-0.2, -0.15) is 0 Å². The minimum Gasteiger partial charge on any atom is -0.309 e. The standard InChI is InChI=1S/C19H32N2/c1-5-7-14-21(18-12-13-18)16(4)19(20-6-2)17-10-8-15(3)9-11-17/h8-11,16,18-20H,5-7,12-14H2,1-4H3. The second-order valence-corrected chi connectivity index (χ2v) is 6.51. The predicted molar refractivity (Wildman–Crippen MR) is 91.7 cm³/mol. The summed E-state index contributed by atoms with van der Waals surface area (Å²) in [5, 5.41) is 3.72. The van der Waals surface area contributed by atoms with Crippen molar-refractivity contribution in [1.29, 1.82) is 0 Å². The van der Waals surface area contributed by atoms with E-state index in [0.29, 0.717) is 12.1 Å². The van der Waals surface area contributed by atoms with Crippen molar-refractivity contribution >= 4 is 0 Å². The molecule has 2 rings (SSSR count). The van der Waals surface area contributed by atoms with Gasteiger partial charge in [0.15, 0.2) is 0 Å². The van der Waals surface area contributed by atoms with Crippen LogP contribution in [0.1, 0.15) is 63.6 Å². The van der Waals surface area contributed by atoms with Gasteiger partial charge in [0.2, 0.25) is 0 Å². The van der Waals surface area contributed by atoms with Crippen LogP contribution in [0.2, 0.25) is 0 Å². The molecular weight excluding hydrogens is 256 g/mol. The molecule has 0 bridgehead atoms. The Balaban J connectivity index is 2.12. The first-order valence-corrected chi connectivity index (χ1v) is 8.73. The fourth-order valence-corrected chi connectivity index (χ4v) is 3.22. The number of unbranched alkanes of at least 4 members (excludes halogenated alkanes) is 1. The van der Waals surface area contributed by atoms with E-state index in [-0.39, 0.29) is 0 Å².